The van der Waals surface area contributed by atoms with Crippen molar-refractivity contribution in [3.05, 3.63) is 54.6 Å². The van der Waals surface area contributed by atoms with Crippen molar-refractivity contribution in [3.8, 4) is 0 Å². The lowest BCUT2D eigenvalue weighted by molar-refractivity contribution is -0.121. The van der Waals surface area contributed by atoms with Crippen molar-refractivity contribution < 1.29 is 9.59 Å². The van der Waals surface area contributed by atoms with E-state index in [2.05, 4.69) is 26.8 Å². The van der Waals surface area contributed by atoms with Crippen LogP contribution in [0.2, 0.25) is 10.0 Å². The van der Waals surface area contributed by atoms with Crippen LogP contribution >= 0.6 is 50.5 Å². The van der Waals surface area contributed by atoms with Gasteiger partial charge in [-0.15, -0.1) is 11.3 Å². The van der Waals surface area contributed by atoms with E-state index in [1.807, 2.05) is 0 Å². The van der Waals surface area contributed by atoms with Crippen LogP contribution in [0.25, 0.3) is 0 Å². The van der Waals surface area contributed by atoms with Crippen molar-refractivity contribution in [1.29, 1.82) is 0 Å². The highest BCUT2D eigenvalue weighted by Gasteiger charge is 2.10. The van der Waals surface area contributed by atoms with Gasteiger partial charge in [0.05, 0.1) is 25.1 Å². The smallest absolute Gasteiger partial charge is 0.273 e. The van der Waals surface area contributed by atoms with Crippen LogP contribution < -0.4 is 10.9 Å². The average molecular weight is 408 g/mol. The van der Waals surface area contributed by atoms with Crippen LogP contribution in [0.3, 0.4) is 0 Å². The van der Waals surface area contributed by atoms with E-state index < -0.39 is 0 Å². The van der Waals surface area contributed by atoms with E-state index in [1.165, 1.54) is 11.3 Å². The van der Waals surface area contributed by atoms with Crippen LogP contribution in [0.4, 0.5) is 0 Å². The summed E-state index contributed by atoms with van der Waals surface area (Å²) in [5.74, 6) is -0.717. The summed E-state index contributed by atoms with van der Waals surface area (Å²) in [7, 11) is 0. The number of hydrazine groups is 1. The lowest BCUT2D eigenvalue weighted by Crippen LogP contribution is -2.42. The van der Waals surface area contributed by atoms with Gasteiger partial charge in [0.1, 0.15) is 0 Å². The third kappa shape index (κ3) is 4.71. The van der Waals surface area contributed by atoms with Crippen LogP contribution in [0.15, 0.2) is 34.1 Å². The van der Waals surface area contributed by atoms with Crippen LogP contribution in [0.1, 0.15) is 15.2 Å². The van der Waals surface area contributed by atoms with Gasteiger partial charge in [-0.1, -0.05) is 29.3 Å². The molecule has 1 aromatic heterocycles. The second-order valence-corrected chi connectivity index (χ2v) is 7.31. The first-order valence-corrected chi connectivity index (χ1v) is 8.10. The van der Waals surface area contributed by atoms with Crippen molar-refractivity contribution in [3.63, 3.8) is 0 Å². The SMILES string of the molecule is O=C(Cc1ccc(Cl)c(Cl)c1)NNC(=O)c1ccc(Br)s1. The fraction of sp³-hybridized carbons (Fsp3) is 0.0769. The number of rotatable bonds is 3. The summed E-state index contributed by atoms with van der Waals surface area (Å²) in [5.41, 5.74) is 5.40. The second-order valence-electron chi connectivity index (χ2n) is 4.03. The standard InChI is InChI=1S/C13H9BrCl2N2O2S/c14-11-4-3-10(21-11)13(20)18-17-12(19)6-7-1-2-8(15)9(16)5-7/h1-5H,6H2,(H,17,19)(H,18,20). The number of hydrogen-bond donors (Lipinski definition) is 2. The Morgan fingerprint density at radius 3 is 2.48 bits per heavy atom. The van der Waals surface area contributed by atoms with Gasteiger partial charge in [-0.3, -0.25) is 20.4 Å². The van der Waals surface area contributed by atoms with E-state index in [-0.39, 0.29) is 18.2 Å². The zero-order valence-corrected chi connectivity index (χ0v) is 14.4. The molecular weight excluding hydrogens is 399 g/mol. The molecule has 21 heavy (non-hydrogen) atoms. The van der Waals surface area contributed by atoms with Gasteiger partial charge in [0, 0.05) is 0 Å². The van der Waals surface area contributed by atoms with Crippen LogP contribution in [0.5, 0.6) is 0 Å². The van der Waals surface area contributed by atoms with Gasteiger partial charge in [-0.2, -0.15) is 0 Å². The first kappa shape index (κ1) is 16.3. The highest BCUT2D eigenvalue weighted by molar-refractivity contribution is 9.11. The Kier molecular flexibility index (Phi) is 5.64. The van der Waals surface area contributed by atoms with E-state index >= 15 is 0 Å². The van der Waals surface area contributed by atoms with Gasteiger partial charge < -0.3 is 0 Å². The summed E-state index contributed by atoms with van der Waals surface area (Å²) >= 11 is 16.2. The highest BCUT2D eigenvalue weighted by atomic mass is 79.9. The molecule has 0 aliphatic carbocycles. The van der Waals surface area contributed by atoms with Crippen molar-refractivity contribution >= 4 is 62.3 Å². The number of nitrogens with one attached hydrogen (secondary N) is 2. The Hall–Kier alpha value is -1.08. The fourth-order valence-electron chi connectivity index (χ4n) is 1.50. The van der Waals surface area contributed by atoms with Gasteiger partial charge >= 0.3 is 0 Å². The van der Waals surface area contributed by atoms with E-state index in [0.717, 1.165) is 3.79 Å². The second kappa shape index (κ2) is 7.26. The van der Waals surface area contributed by atoms with E-state index in [0.29, 0.717) is 20.5 Å². The molecule has 2 N–H and O–H groups in total. The quantitative estimate of drug-likeness (QED) is 0.759. The molecule has 0 saturated carbocycles. The largest absolute Gasteiger partial charge is 0.279 e. The third-order valence-corrected chi connectivity index (χ3v) is 4.82. The van der Waals surface area contributed by atoms with Crippen LogP contribution in [-0.2, 0) is 11.2 Å². The number of amides is 2. The Labute approximate surface area is 143 Å². The van der Waals surface area contributed by atoms with Crippen molar-refractivity contribution in [2.75, 3.05) is 0 Å². The molecule has 2 aromatic rings. The molecule has 8 heteroatoms. The first-order chi connectivity index (χ1) is 9.95. The van der Waals surface area contributed by atoms with Crippen molar-refractivity contribution in [1.82, 2.24) is 10.9 Å². The highest BCUT2D eigenvalue weighted by Crippen LogP contribution is 2.23. The minimum atomic E-state index is -0.367. The third-order valence-electron chi connectivity index (χ3n) is 2.46. The Balaban J connectivity index is 1.87. The van der Waals surface area contributed by atoms with Gasteiger partial charge in [-0.25, -0.2) is 0 Å². The number of carbonyl (C=O) groups excluding carboxylic acids is 2. The average Bonchev–Trinajstić information content (AvgIpc) is 2.87. The molecule has 0 fully saturated rings. The Morgan fingerprint density at radius 1 is 1.10 bits per heavy atom. The number of thiophene rings is 1. The maximum Gasteiger partial charge on any atom is 0.279 e. The molecule has 0 saturated heterocycles. The normalized spacial score (nSPS) is 10.2. The lowest BCUT2D eigenvalue weighted by atomic mass is 10.1. The molecule has 2 rings (SSSR count). The van der Waals surface area contributed by atoms with Gasteiger partial charge in [0.25, 0.3) is 5.91 Å². The van der Waals surface area contributed by atoms with Gasteiger partial charge in [0.2, 0.25) is 5.91 Å². The van der Waals surface area contributed by atoms with Gasteiger partial charge in [-0.05, 0) is 45.8 Å². The zero-order chi connectivity index (χ0) is 15.4. The maximum atomic E-state index is 11.7. The maximum absolute atomic E-state index is 11.7. The van der Waals surface area contributed by atoms with Crippen molar-refractivity contribution in [2.45, 2.75) is 6.42 Å². The molecule has 0 radical (unpaired) electrons. The molecule has 2 amide bonds. The summed E-state index contributed by atoms with van der Waals surface area (Å²) in [5, 5.41) is 0.812. The molecule has 0 aliphatic heterocycles. The first-order valence-electron chi connectivity index (χ1n) is 5.74. The lowest BCUT2D eigenvalue weighted by Gasteiger charge is -2.07. The molecule has 0 bridgehead atoms. The molecule has 1 heterocycles. The van der Waals surface area contributed by atoms with E-state index in [1.54, 1.807) is 30.3 Å². The van der Waals surface area contributed by atoms with E-state index in [4.69, 9.17) is 23.2 Å². The number of carbonyl (C=O) groups is 2. The summed E-state index contributed by atoms with van der Waals surface area (Å²) in [6, 6.07) is 8.36. The van der Waals surface area contributed by atoms with Crippen LogP contribution in [0, 0.1) is 0 Å². The Bertz CT molecular complexity index is 691. The van der Waals surface area contributed by atoms with Crippen LogP contribution in [-0.4, -0.2) is 11.8 Å². The summed E-state index contributed by atoms with van der Waals surface area (Å²) in [6.07, 6.45) is 0.0886. The minimum Gasteiger partial charge on any atom is -0.273 e. The number of benzene rings is 1. The zero-order valence-electron chi connectivity index (χ0n) is 10.5. The minimum absolute atomic E-state index is 0.0886. The molecule has 0 unspecified atom stereocenters. The molecule has 0 aliphatic rings. The molecule has 0 spiro atoms. The molecule has 110 valence electrons. The van der Waals surface area contributed by atoms with Gasteiger partial charge in [0.15, 0.2) is 0 Å². The molecule has 4 nitrogen and oxygen atoms in total. The summed E-state index contributed by atoms with van der Waals surface area (Å²) < 4.78 is 0.842. The predicted octanol–water partition coefficient (Wildman–Crippen LogP) is 3.82. The number of halogens is 3. The Morgan fingerprint density at radius 2 is 1.86 bits per heavy atom. The fourth-order valence-corrected chi connectivity index (χ4v) is 3.11. The number of hydrogen-bond acceptors (Lipinski definition) is 3. The summed E-state index contributed by atoms with van der Waals surface area (Å²) in [6.45, 7) is 0. The monoisotopic (exact) mass is 406 g/mol. The van der Waals surface area contributed by atoms with Crippen molar-refractivity contribution in [2.24, 2.45) is 0 Å². The van der Waals surface area contributed by atoms with E-state index in [9.17, 15) is 9.59 Å². The molecular formula is C13H9BrCl2N2O2S. The topological polar surface area (TPSA) is 58.2 Å². The molecule has 1 aromatic carbocycles. The summed E-state index contributed by atoms with van der Waals surface area (Å²) in [4.78, 5) is 24.0. The molecule has 0 atom stereocenters. The predicted molar refractivity (Wildman–Crippen MR) is 87.8 cm³/mol.